The van der Waals surface area contributed by atoms with Crippen LogP contribution in [0.4, 0.5) is 4.39 Å². The van der Waals surface area contributed by atoms with E-state index in [0.717, 1.165) is 0 Å². The van der Waals surface area contributed by atoms with Crippen molar-refractivity contribution in [1.82, 2.24) is 9.55 Å². The summed E-state index contributed by atoms with van der Waals surface area (Å²) in [4.78, 5) is 15.2. The highest BCUT2D eigenvalue weighted by Crippen LogP contribution is 2.25. The SMILES string of the molecule is O=Cc1c(F)n(-c2ccccc2)c2ncccc12. The summed E-state index contributed by atoms with van der Waals surface area (Å²) in [6.45, 7) is 0. The first-order valence-electron chi connectivity index (χ1n) is 5.48. The van der Waals surface area contributed by atoms with Crippen molar-refractivity contribution in [2.45, 2.75) is 0 Å². The van der Waals surface area contributed by atoms with Crippen molar-refractivity contribution in [1.29, 1.82) is 0 Å². The molecule has 0 radical (unpaired) electrons. The third-order valence-electron chi connectivity index (χ3n) is 2.84. The minimum Gasteiger partial charge on any atom is -0.298 e. The van der Waals surface area contributed by atoms with Gasteiger partial charge in [0, 0.05) is 17.3 Å². The molecule has 0 spiro atoms. The Morgan fingerprint density at radius 1 is 1.11 bits per heavy atom. The molecule has 3 aromatic rings. The van der Waals surface area contributed by atoms with E-state index in [0.29, 0.717) is 23.0 Å². The van der Waals surface area contributed by atoms with Crippen LogP contribution in [0.5, 0.6) is 0 Å². The quantitative estimate of drug-likeness (QED) is 0.645. The number of rotatable bonds is 2. The van der Waals surface area contributed by atoms with E-state index in [9.17, 15) is 9.18 Å². The summed E-state index contributed by atoms with van der Waals surface area (Å²) in [7, 11) is 0. The third kappa shape index (κ3) is 1.43. The number of pyridine rings is 1. The van der Waals surface area contributed by atoms with Gasteiger partial charge in [-0.15, -0.1) is 0 Å². The second kappa shape index (κ2) is 4.07. The Kier molecular flexibility index (Phi) is 2.41. The zero-order valence-corrected chi connectivity index (χ0v) is 9.38. The molecule has 0 N–H and O–H groups in total. The van der Waals surface area contributed by atoms with Crippen LogP contribution in [0, 0.1) is 5.95 Å². The first kappa shape index (κ1) is 10.7. The summed E-state index contributed by atoms with van der Waals surface area (Å²) in [6.07, 6.45) is 2.11. The maximum Gasteiger partial charge on any atom is 0.211 e. The normalized spacial score (nSPS) is 10.7. The smallest absolute Gasteiger partial charge is 0.211 e. The molecule has 3 rings (SSSR count). The van der Waals surface area contributed by atoms with Crippen LogP contribution in [0.3, 0.4) is 0 Å². The molecule has 0 bridgehead atoms. The molecule has 2 aromatic heterocycles. The van der Waals surface area contributed by atoms with Gasteiger partial charge in [0.15, 0.2) is 6.29 Å². The third-order valence-corrected chi connectivity index (χ3v) is 2.84. The Bertz CT molecular complexity index is 719. The standard InChI is InChI=1S/C14H9FN2O/c15-13-12(9-18)11-7-4-8-16-14(11)17(13)10-5-2-1-3-6-10/h1-9H. The van der Waals surface area contributed by atoms with E-state index in [1.165, 1.54) is 4.57 Å². The number of para-hydroxylation sites is 1. The number of aldehydes is 1. The minimum atomic E-state index is -0.579. The Balaban J connectivity index is 2.43. The van der Waals surface area contributed by atoms with Crippen LogP contribution in [-0.4, -0.2) is 15.8 Å². The van der Waals surface area contributed by atoms with E-state index in [1.807, 2.05) is 18.2 Å². The van der Waals surface area contributed by atoms with E-state index in [-0.39, 0.29) is 5.56 Å². The number of halogens is 1. The molecule has 0 aliphatic rings. The molecule has 3 nitrogen and oxygen atoms in total. The second-order valence-electron chi connectivity index (χ2n) is 3.87. The number of fused-ring (bicyclic) bond motifs is 1. The Morgan fingerprint density at radius 3 is 2.61 bits per heavy atom. The van der Waals surface area contributed by atoms with Gasteiger partial charge in [-0.3, -0.25) is 9.36 Å². The van der Waals surface area contributed by atoms with Gasteiger partial charge in [0.25, 0.3) is 0 Å². The molecule has 0 atom stereocenters. The van der Waals surface area contributed by atoms with Crippen LogP contribution in [0.25, 0.3) is 16.7 Å². The van der Waals surface area contributed by atoms with Gasteiger partial charge in [-0.1, -0.05) is 18.2 Å². The predicted octanol–water partition coefficient (Wildman–Crippen LogP) is 2.98. The summed E-state index contributed by atoms with van der Waals surface area (Å²) >= 11 is 0. The van der Waals surface area contributed by atoms with Gasteiger partial charge in [0.2, 0.25) is 5.95 Å². The lowest BCUT2D eigenvalue weighted by atomic mass is 10.2. The van der Waals surface area contributed by atoms with E-state index in [2.05, 4.69) is 4.98 Å². The molecular weight excluding hydrogens is 231 g/mol. The van der Waals surface area contributed by atoms with E-state index < -0.39 is 5.95 Å². The molecule has 4 heteroatoms. The van der Waals surface area contributed by atoms with Gasteiger partial charge >= 0.3 is 0 Å². The molecule has 2 heterocycles. The molecule has 0 aliphatic heterocycles. The maximum absolute atomic E-state index is 14.3. The van der Waals surface area contributed by atoms with Crippen molar-refractivity contribution in [3.63, 3.8) is 0 Å². The lowest BCUT2D eigenvalue weighted by Gasteiger charge is -2.04. The molecule has 0 saturated heterocycles. The summed E-state index contributed by atoms with van der Waals surface area (Å²) < 4.78 is 15.6. The second-order valence-corrected chi connectivity index (χ2v) is 3.87. The highest BCUT2D eigenvalue weighted by atomic mass is 19.1. The van der Waals surface area contributed by atoms with Gasteiger partial charge in [-0.25, -0.2) is 4.98 Å². The van der Waals surface area contributed by atoms with E-state index in [4.69, 9.17) is 0 Å². The van der Waals surface area contributed by atoms with E-state index >= 15 is 0 Å². The highest BCUT2D eigenvalue weighted by Gasteiger charge is 2.18. The van der Waals surface area contributed by atoms with E-state index in [1.54, 1.807) is 30.5 Å². The van der Waals surface area contributed by atoms with Gasteiger partial charge in [-0.2, -0.15) is 4.39 Å². The van der Waals surface area contributed by atoms with Crippen molar-refractivity contribution < 1.29 is 9.18 Å². The van der Waals surface area contributed by atoms with Gasteiger partial charge < -0.3 is 0 Å². The summed E-state index contributed by atoms with van der Waals surface area (Å²) in [5.41, 5.74) is 1.14. The van der Waals surface area contributed by atoms with Crippen LogP contribution in [0.2, 0.25) is 0 Å². The lowest BCUT2D eigenvalue weighted by molar-refractivity contribution is 0.112. The fourth-order valence-corrected chi connectivity index (χ4v) is 2.03. The van der Waals surface area contributed by atoms with Gasteiger partial charge in [0.05, 0.1) is 5.56 Å². The number of hydrogen-bond acceptors (Lipinski definition) is 2. The molecule has 0 aliphatic carbocycles. The lowest BCUT2D eigenvalue weighted by Crippen LogP contribution is -1.98. The maximum atomic E-state index is 14.3. The Morgan fingerprint density at radius 2 is 1.89 bits per heavy atom. The zero-order chi connectivity index (χ0) is 12.5. The molecular formula is C14H9FN2O. The molecule has 0 unspecified atom stereocenters. The number of hydrogen-bond donors (Lipinski definition) is 0. The first-order chi connectivity index (χ1) is 8.83. The van der Waals surface area contributed by atoms with Crippen LogP contribution in [-0.2, 0) is 0 Å². The fraction of sp³-hybridized carbons (Fsp3) is 0. The molecule has 0 saturated carbocycles. The topological polar surface area (TPSA) is 34.9 Å². The average Bonchev–Trinajstić information content (AvgIpc) is 2.71. The number of carbonyl (C=O) groups is 1. The summed E-state index contributed by atoms with van der Waals surface area (Å²) in [6, 6.07) is 12.4. The molecule has 0 fully saturated rings. The molecule has 0 amide bonds. The monoisotopic (exact) mass is 240 g/mol. The van der Waals surface area contributed by atoms with Crippen molar-refractivity contribution in [3.05, 3.63) is 60.2 Å². The summed E-state index contributed by atoms with van der Waals surface area (Å²) in [5, 5.41) is 0.522. The van der Waals surface area contributed by atoms with Crippen LogP contribution in [0.1, 0.15) is 10.4 Å². The number of nitrogens with zero attached hydrogens (tertiary/aromatic N) is 2. The van der Waals surface area contributed by atoms with Crippen LogP contribution in [0.15, 0.2) is 48.7 Å². The predicted molar refractivity (Wildman–Crippen MR) is 66.4 cm³/mol. The minimum absolute atomic E-state index is 0.0435. The molecule has 18 heavy (non-hydrogen) atoms. The highest BCUT2D eigenvalue weighted by molar-refractivity contribution is 5.97. The van der Waals surface area contributed by atoms with Crippen molar-refractivity contribution in [3.8, 4) is 5.69 Å². The van der Waals surface area contributed by atoms with Crippen molar-refractivity contribution in [2.24, 2.45) is 0 Å². The summed E-state index contributed by atoms with van der Waals surface area (Å²) in [5.74, 6) is -0.579. The van der Waals surface area contributed by atoms with Crippen molar-refractivity contribution >= 4 is 17.3 Å². The fourth-order valence-electron chi connectivity index (χ4n) is 2.03. The largest absolute Gasteiger partial charge is 0.298 e. The average molecular weight is 240 g/mol. The number of benzene rings is 1. The van der Waals surface area contributed by atoms with Crippen LogP contribution >= 0.6 is 0 Å². The number of carbonyl (C=O) groups excluding carboxylic acids is 1. The molecule has 1 aromatic carbocycles. The first-order valence-corrected chi connectivity index (χ1v) is 5.48. The molecule has 88 valence electrons. The Labute approximate surface area is 103 Å². The Hall–Kier alpha value is -2.49. The number of aromatic nitrogens is 2. The van der Waals surface area contributed by atoms with Gasteiger partial charge in [0.1, 0.15) is 5.65 Å². The zero-order valence-electron chi connectivity index (χ0n) is 9.38. The van der Waals surface area contributed by atoms with Gasteiger partial charge in [-0.05, 0) is 24.3 Å². The van der Waals surface area contributed by atoms with Crippen molar-refractivity contribution in [2.75, 3.05) is 0 Å². The van der Waals surface area contributed by atoms with Crippen LogP contribution < -0.4 is 0 Å².